The van der Waals surface area contributed by atoms with E-state index in [0.29, 0.717) is 5.78 Å². The fourth-order valence-corrected chi connectivity index (χ4v) is 1.62. The second kappa shape index (κ2) is 5.24. The van der Waals surface area contributed by atoms with Gasteiger partial charge in [0.15, 0.2) is 5.78 Å². The average Bonchev–Trinajstić information content (AvgIpc) is 2.31. The van der Waals surface area contributed by atoms with E-state index in [-0.39, 0.29) is 55.5 Å². The Kier molecular flexibility index (Phi) is 5.67. The Morgan fingerprint density at radius 2 is 2.00 bits per heavy atom. The van der Waals surface area contributed by atoms with E-state index in [1.807, 2.05) is 25.7 Å². The molecule has 0 aromatic carbocycles. The fraction of sp³-hybridized carbons (Fsp3) is 0.800. The van der Waals surface area contributed by atoms with Crippen molar-refractivity contribution in [3.63, 3.8) is 0 Å². The van der Waals surface area contributed by atoms with Crippen molar-refractivity contribution < 1.29 is 48.9 Å². The van der Waals surface area contributed by atoms with Crippen molar-refractivity contribution in [1.29, 1.82) is 0 Å². The number of nitrogens with zero attached hydrogens (tertiary/aromatic N) is 1. The maximum Gasteiger partial charge on any atom is 0.152 e. The molecule has 1 heterocycles. The van der Waals surface area contributed by atoms with Crippen LogP contribution in [0, 0.1) is 56.5 Å². The molecule has 1 fully saturated rings. The van der Waals surface area contributed by atoms with Gasteiger partial charge in [-0.3, -0.25) is 11.8 Å². The van der Waals surface area contributed by atoms with E-state index in [1.165, 1.54) is 0 Å². The summed E-state index contributed by atoms with van der Waals surface area (Å²) in [6, 6.07) is 0.0741. The molecule has 1 aliphatic heterocycles. The summed E-state index contributed by atoms with van der Waals surface area (Å²) in [5.41, 5.74) is -0.217. The molecule has 0 spiro atoms. The Hall–Kier alpha value is 1.07. The molecule has 1 aliphatic rings. The van der Waals surface area contributed by atoms with Crippen LogP contribution in [0.3, 0.4) is 0 Å². The molecule has 13 heavy (non-hydrogen) atoms. The van der Waals surface area contributed by atoms with E-state index in [0.717, 1.165) is 19.4 Å². The molecule has 1 atom stereocenters. The van der Waals surface area contributed by atoms with Crippen LogP contribution < -0.4 is 0 Å². The van der Waals surface area contributed by atoms with Crippen molar-refractivity contribution in [3.8, 4) is 0 Å². The van der Waals surface area contributed by atoms with Crippen LogP contribution in [0.1, 0.15) is 33.6 Å². The fourth-order valence-electron chi connectivity index (χ4n) is 1.62. The summed E-state index contributed by atoms with van der Waals surface area (Å²) in [5.74, 6) is 0.329. The third kappa shape index (κ3) is 3.61. The van der Waals surface area contributed by atoms with E-state index in [1.54, 1.807) is 0 Å². The zero-order valence-corrected chi connectivity index (χ0v) is 13.6. The monoisotopic (exact) mass is 395 g/mol. The van der Waals surface area contributed by atoms with Gasteiger partial charge >= 0.3 is 0 Å². The second-order valence-corrected chi connectivity index (χ2v) is 4.58. The van der Waals surface area contributed by atoms with Crippen molar-refractivity contribution in [2.75, 3.05) is 6.54 Å². The van der Waals surface area contributed by atoms with Gasteiger partial charge < -0.3 is 4.90 Å². The van der Waals surface area contributed by atoms with Gasteiger partial charge in [-0.2, -0.15) is 0 Å². The Morgan fingerprint density at radius 3 is 2.31 bits per heavy atom. The molecular formula is C10H18AcNO-. The minimum atomic E-state index is -0.217. The van der Waals surface area contributed by atoms with Crippen LogP contribution in [0.25, 0.3) is 0 Å². The van der Waals surface area contributed by atoms with Crippen molar-refractivity contribution in [1.82, 2.24) is 4.90 Å². The normalized spacial score (nSPS) is 24.2. The summed E-state index contributed by atoms with van der Waals surface area (Å²) >= 11 is 0. The number of ketones is 1. The quantitative estimate of drug-likeness (QED) is 0.632. The number of likely N-dealkylation sites (tertiary alicyclic amines) is 1. The SMILES string of the molecule is [Ac].[CH2-]N1CCC[C@@H]1C(=O)C(C)(C)C. The van der Waals surface area contributed by atoms with Crippen molar-refractivity contribution in [2.24, 2.45) is 5.41 Å². The van der Waals surface area contributed by atoms with Crippen LogP contribution in [0.2, 0.25) is 0 Å². The van der Waals surface area contributed by atoms with E-state index in [2.05, 4.69) is 7.05 Å². The Balaban J connectivity index is 0.00000144. The van der Waals surface area contributed by atoms with Gasteiger partial charge in [-0.25, -0.2) is 0 Å². The van der Waals surface area contributed by atoms with E-state index < -0.39 is 0 Å². The molecule has 0 aromatic heterocycles. The van der Waals surface area contributed by atoms with Gasteiger partial charge in [0.2, 0.25) is 0 Å². The standard InChI is InChI=1S/C10H18NO.Ac/c1-10(2,3)9(12)8-6-5-7-11(8)4;/h8H,4-7H2,1-3H3;/q-1;/t8-;/m1./s1. The molecule has 0 bridgehead atoms. The Morgan fingerprint density at radius 1 is 1.46 bits per heavy atom. The molecule has 2 nitrogen and oxygen atoms in total. The van der Waals surface area contributed by atoms with E-state index in [9.17, 15) is 4.79 Å². The molecule has 73 valence electrons. The molecule has 1 radical (unpaired) electrons. The number of hydrogen-bond donors (Lipinski definition) is 0. The summed E-state index contributed by atoms with van der Waals surface area (Å²) in [6.07, 6.45) is 2.09. The third-order valence-corrected chi connectivity index (χ3v) is 2.41. The smallest absolute Gasteiger partial charge is 0.152 e. The van der Waals surface area contributed by atoms with Gasteiger partial charge in [-0.15, -0.1) is 0 Å². The van der Waals surface area contributed by atoms with Crippen molar-refractivity contribution >= 4 is 5.78 Å². The number of carbonyl (C=O) groups is 1. The molecule has 3 heteroatoms. The minimum absolute atomic E-state index is 0. The van der Waals surface area contributed by atoms with Crippen molar-refractivity contribution in [3.05, 3.63) is 7.05 Å². The van der Waals surface area contributed by atoms with E-state index in [4.69, 9.17) is 0 Å². The van der Waals surface area contributed by atoms with Crippen LogP contribution in [-0.4, -0.2) is 23.3 Å². The molecular weight excluding hydrogens is 377 g/mol. The minimum Gasteiger partial charge on any atom is -0.450 e. The van der Waals surface area contributed by atoms with E-state index >= 15 is 0 Å². The molecule has 0 amide bonds. The maximum absolute atomic E-state index is 11.8. The molecule has 0 aliphatic carbocycles. The summed E-state index contributed by atoms with van der Waals surface area (Å²) < 4.78 is 0. The Bertz CT molecular complexity index is 186. The summed E-state index contributed by atoms with van der Waals surface area (Å²) in [6.45, 7) is 6.89. The van der Waals surface area contributed by atoms with Crippen LogP contribution in [-0.2, 0) is 4.79 Å². The number of carbonyl (C=O) groups excluding carboxylic acids is 1. The van der Waals surface area contributed by atoms with Gasteiger partial charge in [0.05, 0.1) is 0 Å². The zero-order chi connectivity index (χ0) is 9.35. The first-order chi connectivity index (χ1) is 5.43. The zero-order valence-electron chi connectivity index (χ0n) is 8.84. The van der Waals surface area contributed by atoms with Gasteiger partial charge in [-0.1, -0.05) is 20.8 Å². The predicted molar refractivity (Wildman–Crippen MR) is 49.5 cm³/mol. The first-order valence-corrected chi connectivity index (χ1v) is 4.54. The first kappa shape index (κ1) is 14.1. The average molecular weight is 395 g/mol. The van der Waals surface area contributed by atoms with Crippen LogP contribution >= 0.6 is 0 Å². The van der Waals surface area contributed by atoms with Gasteiger partial charge in [-0.05, 0) is 19.4 Å². The third-order valence-electron chi connectivity index (χ3n) is 2.41. The van der Waals surface area contributed by atoms with Crippen LogP contribution in [0.4, 0.5) is 0 Å². The summed E-state index contributed by atoms with van der Waals surface area (Å²) in [4.78, 5) is 13.7. The van der Waals surface area contributed by atoms with Crippen LogP contribution in [0.15, 0.2) is 0 Å². The van der Waals surface area contributed by atoms with Crippen molar-refractivity contribution in [2.45, 2.75) is 39.7 Å². The largest absolute Gasteiger partial charge is 0.450 e. The second-order valence-electron chi connectivity index (χ2n) is 4.58. The molecule has 1 saturated heterocycles. The number of hydrogen-bond acceptors (Lipinski definition) is 2. The van der Waals surface area contributed by atoms with Gasteiger partial charge in [0.25, 0.3) is 0 Å². The maximum atomic E-state index is 11.8. The van der Waals surface area contributed by atoms with Gasteiger partial charge in [0, 0.05) is 55.5 Å². The summed E-state index contributed by atoms with van der Waals surface area (Å²) in [7, 11) is 3.87. The number of Topliss-reactive ketones (excluding diaryl/α,β-unsaturated/α-hetero) is 1. The summed E-state index contributed by atoms with van der Waals surface area (Å²) in [5, 5.41) is 0. The first-order valence-electron chi connectivity index (χ1n) is 4.54. The van der Waals surface area contributed by atoms with Crippen LogP contribution in [0.5, 0.6) is 0 Å². The topological polar surface area (TPSA) is 20.3 Å². The Labute approximate surface area is 117 Å². The molecule has 1 rings (SSSR count). The predicted octanol–water partition coefficient (Wildman–Crippen LogP) is 1.86. The van der Waals surface area contributed by atoms with Gasteiger partial charge in [0.1, 0.15) is 0 Å². The molecule has 0 saturated carbocycles. The molecule has 0 aromatic rings. The number of rotatable bonds is 1. The molecule has 0 unspecified atom stereocenters. The molecule has 0 N–H and O–H groups in total.